The number of benzene rings is 1. The number of non-ortho nitro benzene ring substituents is 1. The molecule has 0 atom stereocenters. The zero-order valence-corrected chi connectivity index (χ0v) is 11.9. The number of nitrogens with one attached hydrogen (secondary N) is 1. The van der Waals surface area contributed by atoms with Crippen LogP contribution < -0.4 is 14.8 Å². The summed E-state index contributed by atoms with van der Waals surface area (Å²) in [5, 5.41) is 16.8. The van der Waals surface area contributed by atoms with Crippen molar-refractivity contribution in [2.24, 2.45) is 0 Å². The Labute approximate surface area is 125 Å². The highest BCUT2D eigenvalue weighted by Crippen LogP contribution is 2.31. The van der Waals surface area contributed by atoms with Crippen molar-refractivity contribution in [1.82, 2.24) is 5.16 Å². The number of amides is 1. The molecular weight excluding hydrogens is 294 g/mol. The lowest BCUT2D eigenvalue weighted by Gasteiger charge is -2.09. The van der Waals surface area contributed by atoms with Gasteiger partial charge in [0, 0.05) is 12.1 Å². The summed E-state index contributed by atoms with van der Waals surface area (Å²) in [4.78, 5) is 21.9. The van der Waals surface area contributed by atoms with Gasteiger partial charge < -0.3 is 19.3 Å². The van der Waals surface area contributed by atoms with Crippen LogP contribution in [0, 0.1) is 17.0 Å². The molecule has 0 aliphatic rings. The van der Waals surface area contributed by atoms with E-state index in [4.69, 9.17) is 14.0 Å². The fraction of sp³-hybridized carbons (Fsp3) is 0.231. The molecule has 9 nitrogen and oxygen atoms in total. The van der Waals surface area contributed by atoms with Gasteiger partial charge in [-0.3, -0.25) is 14.9 Å². The van der Waals surface area contributed by atoms with E-state index in [0.717, 1.165) is 0 Å². The van der Waals surface area contributed by atoms with Crippen molar-refractivity contribution < 1.29 is 23.7 Å². The minimum Gasteiger partial charge on any atom is -0.493 e. The van der Waals surface area contributed by atoms with Crippen molar-refractivity contribution in [3.63, 3.8) is 0 Å². The predicted molar refractivity (Wildman–Crippen MR) is 75.0 cm³/mol. The third-order valence-corrected chi connectivity index (χ3v) is 2.61. The number of anilines is 1. The minimum absolute atomic E-state index is 0.100. The molecule has 0 fully saturated rings. The molecule has 1 aromatic carbocycles. The summed E-state index contributed by atoms with van der Waals surface area (Å²) in [5.41, 5.74) is -0.164. The van der Waals surface area contributed by atoms with Crippen LogP contribution in [0.15, 0.2) is 28.8 Å². The SMILES string of the molecule is COc1ccc([N+](=O)[O-])cc1OCC(=O)Nc1cc(C)on1. The van der Waals surface area contributed by atoms with E-state index in [1.54, 1.807) is 13.0 Å². The smallest absolute Gasteiger partial charge is 0.273 e. The predicted octanol–water partition coefficient (Wildman–Crippen LogP) is 1.92. The molecule has 0 aliphatic carbocycles. The number of carbonyl (C=O) groups is 1. The normalized spacial score (nSPS) is 10.1. The number of nitrogens with zero attached hydrogens (tertiary/aromatic N) is 2. The number of aryl methyl sites for hydroxylation is 1. The number of nitro groups is 1. The fourth-order valence-corrected chi connectivity index (χ4v) is 1.64. The monoisotopic (exact) mass is 307 g/mol. The molecule has 1 amide bonds. The lowest BCUT2D eigenvalue weighted by molar-refractivity contribution is -0.385. The van der Waals surface area contributed by atoms with Gasteiger partial charge in [0.05, 0.1) is 18.1 Å². The van der Waals surface area contributed by atoms with Crippen molar-refractivity contribution in [3.8, 4) is 11.5 Å². The number of ether oxygens (including phenoxy) is 2. The highest BCUT2D eigenvalue weighted by Gasteiger charge is 2.14. The maximum Gasteiger partial charge on any atom is 0.273 e. The van der Waals surface area contributed by atoms with E-state index in [0.29, 0.717) is 5.76 Å². The average Bonchev–Trinajstić information content (AvgIpc) is 2.89. The van der Waals surface area contributed by atoms with Crippen molar-refractivity contribution >= 4 is 17.4 Å². The Kier molecular flexibility index (Phi) is 4.57. The Hall–Kier alpha value is -3.10. The molecule has 22 heavy (non-hydrogen) atoms. The first-order valence-electron chi connectivity index (χ1n) is 6.18. The molecule has 0 bridgehead atoms. The lowest BCUT2D eigenvalue weighted by atomic mass is 10.3. The largest absolute Gasteiger partial charge is 0.493 e. The second-order valence-electron chi connectivity index (χ2n) is 4.25. The van der Waals surface area contributed by atoms with Crippen molar-refractivity contribution in [3.05, 3.63) is 40.1 Å². The number of carbonyl (C=O) groups excluding carboxylic acids is 1. The molecule has 0 radical (unpaired) electrons. The van der Waals surface area contributed by atoms with Gasteiger partial charge in [-0.25, -0.2) is 0 Å². The minimum atomic E-state index is -0.565. The standard InChI is InChI=1S/C13H13N3O6/c1-8-5-12(15-22-8)14-13(17)7-21-11-6-9(16(18)19)3-4-10(11)20-2/h3-6H,7H2,1-2H3,(H,14,15,17). The van der Waals surface area contributed by atoms with Crippen LogP contribution >= 0.6 is 0 Å². The molecule has 1 aromatic heterocycles. The van der Waals surface area contributed by atoms with E-state index < -0.39 is 10.8 Å². The fourth-order valence-electron chi connectivity index (χ4n) is 1.64. The lowest BCUT2D eigenvalue weighted by Crippen LogP contribution is -2.20. The van der Waals surface area contributed by atoms with E-state index >= 15 is 0 Å². The summed E-state index contributed by atoms with van der Waals surface area (Å²) in [6, 6.07) is 5.41. The Balaban J connectivity index is 2.02. The Morgan fingerprint density at radius 3 is 2.77 bits per heavy atom. The Morgan fingerprint density at radius 2 is 2.18 bits per heavy atom. The molecule has 116 valence electrons. The van der Waals surface area contributed by atoms with E-state index in [2.05, 4.69) is 10.5 Å². The maximum atomic E-state index is 11.7. The number of hydrogen-bond donors (Lipinski definition) is 1. The zero-order valence-electron chi connectivity index (χ0n) is 11.9. The van der Waals surface area contributed by atoms with Gasteiger partial charge in [0.15, 0.2) is 23.9 Å². The van der Waals surface area contributed by atoms with E-state index in [1.807, 2.05) is 0 Å². The van der Waals surface area contributed by atoms with Crippen LogP contribution in [0.25, 0.3) is 0 Å². The molecule has 9 heteroatoms. The molecule has 0 unspecified atom stereocenters. The molecule has 2 aromatic rings. The number of methoxy groups -OCH3 is 1. The third-order valence-electron chi connectivity index (χ3n) is 2.61. The summed E-state index contributed by atoms with van der Waals surface area (Å²) in [7, 11) is 1.40. The summed E-state index contributed by atoms with van der Waals surface area (Å²) in [5.74, 6) is 0.717. The number of nitro benzene ring substituents is 1. The second-order valence-corrected chi connectivity index (χ2v) is 4.25. The highest BCUT2D eigenvalue weighted by molar-refractivity contribution is 5.90. The van der Waals surface area contributed by atoms with Crippen LogP contribution in [0.5, 0.6) is 11.5 Å². The summed E-state index contributed by atoms with van der Waals surface area (Å²) >= 11 is 0. The first kappa shape index (κ1) is 15.3. The summed E-state index contributed by atoms with van der Waals surface area (Å²) < 4.78 is 15.1. The van der Waals surface area contributed by atoms with Gasteiger partial charge in [-0.1, -0.05) is 5.16 Å². The zero-order chi connectivity index (χ0) is 16.1. The second kappa shape index (κ2) is 6.57. The topological polar surface area (TPSA) is 117 Å². The van der Waals surface area contributed by atoms with Gasteiger partial charge >= 0.3 is 0 Å². The summed E-state index contributed by atoms with van der Waals surface area (Å²) in [6.07, 6.45) is 0. The van der Waals surface area contributed by atoms with Gasteiger partial charge in [0.1, 0.15) is 5.76 Å². The van der Waals surface area contributed by atoms with Crippen molar-refractivity contribution in [2.45, 2.75) is 6.92 Å². The molecule has 1 heterocycles. The third kappa shape index (κ3) is 3.72. The van der Waals surface area contributed by atoms with E-state index in [9.17, 15) is 14.9 Å². The van der Waals surface area contributed by atoms with Crippen molar-refractivity contribution in [2.75, 3.05) is 19.0 Å². The quantitative estimate of drug-likeness (QED) is 0.640. The average molecular weight is 307 g/mol. The first-order chi connectivity index (χ1) is 10.5. The van der Waals surface area contributed by atoms with Crippen LogP contribution in [0.4, 0.5) is 11.5 Å². The molecular formula is C13H13N3O6. The molecule has 2 rings (SSSR count). The van der Waals surface area contributed by atoms with Crippen molar-refractivity contribution in [1.29, 1.82) is 0 Å². The number of aromatic nitrogens is 1. The molecule has 0 saturated carbocycles. The van der Waals surface area contributed by atoms with Gasteiger partial charge in [-0.15, -0.1) is 0 Å². The van der Waals surface area contributed by atoms with Gasteiger partial charge in [-0.05, 0) is 13.0 Å². The highest BCUT2D eigenvalue weighted by atomic mass is 16.6. The van der Waals surface area contributed by atoms with Crippen LogP contribution in [-0.4, -0.2) is 29.7 Å². The van der Waals surface area contributed by atoms with Gasteiger partial charge in [-0.2, -0.15) is 0 Å². The molecule has 0 spiro atoms. The van der Waals surface area contributed by atoms with Gasteiger partial charge in [0.25, 0.3) is 11.6 Å². The Bertz CT molecular complexity index is 697. The molecule has 1 N–H and O–H groups in total. The molecule has 0 saturated heterocycles. The van der Waals surface area contributed by atoms with Crippen LogP contribution in [0.1, 0.15) is 5.76 Å². The van der Waals surface area contributed by atoms with E-state index in [1.165, 1.54) is 25.3 Å². The Morgan fingerprint density at radius 1 is 1.41 bits per heavy atom. The van der Waals surface area contributed by atoms with Crippen LogP contribution in [0.2, 0.25) is 0 Å². The summed E-state index contributed by atoms with van der Waals surface area (Å²) in [6.45, 7) is 1.33. The van der Waals surface area contributed by atoms with E-state index in [-0.39, 0.29) is 29.6 Å². The number of rotatable bonds is 6. The maximum absolute atomic E-state index is 11.7. The number of hydrogen-bond acceptors (Lipinski definition) is 7. The van der Waals surface area contributed by atoms with Crippen LogP contribution in [-0.2, 0) is 4.79 Å². The van der Waals surface area contributed by atoms with Gasteiger partial charge in [0.2, 0.25) is 0 Å². The first-order valence-corrected chi connectivity index (χ1v) is 6.18. The molecule has 0 aliphatic heterocycles. The van der Waals surface area contributed by atoms with Crippen LogP contribution in [0.3, 0.4) is 0 Å².